The fourth-order valence-corrected chi connectivity index (χ4v) is 4.47. The average Bonchev–Trinajstić information content (AvgIpc) is 2.72. The first kappa shape index (κ1) is 20.3. The van der Waals surface area contributed by atoms with E-state index in [0.29, 0.717) is 5.75 Å². The molecule has 2 aromatic carbocycles. The SMILES string of the molecule is CCc1ccc(OCC(=O)N2CCN(S(=O)(=O)c3cccc(F)c3)CC2)cc1. The minimum Gasteiger partial charge on any atom is -0.484 e. The fourth-order valence-electron chi connectivity index (χ4n) is 3.01. The molecule has 0 N–H and O–H groups in total. The molecule has 1 fully saturated rings. The Morgan fingerprint density at radius 1 is 1.07 bits per heavy atom. The number of halogens is 1. The predicted octanol–water partition coefficient (Wildman–Crippen LogP) is 2.30. The van der Waals surface area contributed by atoms with E-state index in [0.717, 1.165) is 12.5 Å². The summed E-state index contributed by atoms with van der Waals surface area (Å²) in [5.74, 6) is -0.167. The van der Waals surface area contributed by atoms with E-state index in [2.05, 4.69) is 6.92 Å². The van der Waals surface area contributed by atoms with Crippen LogP contribution in [0.4, 0.5) is 4.39 Å². The summed E-state index contributed by atoms with van der Waals surface area (Å²) in [4.78, 5) is 13.9. The molecule has 0 radical (unpaired) electrons. The highest BCUT2D eigenvalue weighted by atomic mass is 32.2. The van der Waals surface area contributed by atoms with Gasteiger partial charge in [0.05, 0.1) is 4.90 Å². The molecule has 0 aromatic heterocycles. The van der Waals surface area contributed by atoms with Gasteiger partial charge in [0.2, 0.25) is 10.0 Å². The number of benzene rings is 2. The number of carbonyl (C=O) groups excluding carboxylic acids is 1. The van der Waals surface area contributed by atoms with Crippen LogP contribution in [0.25, 0.3) is 0 Å². The summed E-state index contributed by atoms with van der Waals surface area (Å²) in [6, 6.07) is 12.5. The van der Waals surface area contributed by atoms with Crippen molar-refractivity contribution in [1.29, 1.82) is 0 Å². The molecule has 8 heteroatoms. The second-order valence-corrected chi connectivity index (χ2v) is 8.47. The lowest BCUT2D eigenvalue weighted by Crippen LogP contribution is -2.51. The van der Waals surface area contributed by atoms with E-state index >= 15 is 0 Å². The van der Waals surface area contributed by atoms with Gasteiger partial charge in [-0.05, 0) is 42.3 Å². The maximum Gasteiger partial charge on any atom is 0.260 e. The van der Waals surface area contributed by atoms with E-state index in [-0.39, 0.29) is 43.6 Å². The average molecular weight is 406 g/mol. The zero-order valence-electron chi connectivity index (χ0n) is 15.7. The highest BCUT2D eigenvalue weighted by Crippen LogP contribution is 2.19. The van der Waals surface area contributed by atoms with Gasteiger partial charge in [0.1, 0.15) is 11.6 Å². The topological polar surface area (TPSA) is 66.9 Å². The third-order valence-corrected chi connectivity index (χ3v) is 6.61. The van der Waals surface area contributed by atoms with Crippen molar-refractivity contribution in [2.75, 3.05) is 32.8 Å². The molecule has 0 aliphatic carbocycles. The maximum atomic E-state index is 13.3. The molecule has 2 aromatic rings. The highest BCUT2D eigenvalue weighted by Gasteiger charge is 2.30. The van der Waals surface area contributed by atoms with Gasteiger partial charge in [0.15, 0.2) is 6.61 Å². The maximum absolute atomic E-state index is 13.3. The Morgan fingerprint density at radius 3 is 2.36 bits per heavy atom. The van der Waals surface area contributed by atoms with Crippen LogP contribution >= 0.6 is 0 Å². The molecule has 0 unspecified atom stereocenters. The van der Waals surface area contributed by atoms with Crippen LogP contribution < -0.4 is 4.74 Å². The smallest absolute Gasteiger partial charge is 0.260 e. The van der Waals surface area contributed by atoms with Crippen molar-refractivity contribution in [3.05, 3.63) is 59.9 Å². The van der Waals surface area contributed by atoms with Gasteiger partial charge in [-0.15, -0.1) is 0 Å². The van der Waals surface area contributed by atoms with E-state index in [1.54, 1.807) is 4.90 Å². The van der Waals surface area contributed by atoms with E-state index in [9.17, 15) is 17.6 Å². The number of amides is 1. The van der Waals surface area contributed by atoms with Crippen LogP contribution in [0, 0.1) is 5.82 Å². The molecule has 3 rings (SSSR count). The van der Waals surface area contributed by atoms with Crippen LogP contribution in [0.3, 0.4) is 0 Å². The zero-order valence-corrected chi connectivity index (χ0v) is 16.5. The van der Waals surface area contributed by atoms with Crippen LogP contribution in [0.5, 0.6) is 5.75 Å². The highest BCUT2D eigenvalue weighted by molar-refractivity contribution is 7.89. The van der Waals surface area contributed by atoms with Gasteiger partial charge in [-0.1, -0.05) is 25.1 Å². The largest absolute Gasteiger partial charge is 0.484 e. The number of hydrogen-bond acceptors (Lipinski definition) is 4. The third kappa shape index (κ3) is 4.69. The quantitative estimate of drug-likeness (QED) is 0.738. The zero-order chi connectivity index (χ0) is 20.1. The number of sulfonamides is 1. The summed E-state index contributed by atoms with van der Waals surface area (Å²) in [7, 11) is -3.77. The lowest BCUT2D eigenvalue weighted by molar-refractivity contribution is -0.134. The molecule has 28 heavy (non-hydrogen) atoms. The minimum absolute atomic E-state index is 0.0777. The molecule has 0 saturated carbocycles. The Labute approximate surface area is 164 Å². The monoisotopic (exact) mass is 406 g/mol. The van der Waals surface area contributed by atoms with E-state index in [4.69, 9.17) is 4.74 Å². The third-order valence-electron chi connectivity index (χ3n) is 4.72. The number of aryl methyl sites for hydroxylation is 1. The van der Waals surface area contributed by atoms with Crippen LogP contribution in [0.2, 0.25) is 0 Å². The van der Waals surface area contributed by atoms with Crippen molar-refractivity contribution in [1.82, 2.24) is 9.21 Å². The Morgan fingerprint density at radius 2 is 1.75 bits per heavy atom. The minimum atomic E-state index is -3.77. The summed E-state index contributed by atoms with van der Waals surface area (Å²) in [6.07, 6.45) is 0.933. The second kappa shape index (κ2) is 8.70. The van der Waals surface area contributed by atoms with Gasteiger partial charge >= 0.3 is 0 Å². The van der Waals surface area contributed by atoms with Crippen molar-refractivity contribution in [3.63, 3.8) is 0 Å². The Hall–Kier alpha value is -2.45. The van der Waals surface area contributed by atoms with Crippen molar-refractivity contribution < 1.29 is 22.3 Å². The van der Waals surface area contributed by atoms with Gasteiger partial charge in [-0.25, -0.2) is 12.8 Å². The molecule has 0 bridgehead atoms. The van der Waals surface area contributed by atoms with Crippen LogP contribution in [0.1, 0.15) is 12.5 Å². The number of carbonyl (C=O) groups is 1. The lowest BCUT2D eigenvalue weighted by Gasteiger charge is -2.34. The van der Waals surface area contributed by atoms with Crippen LogP contribution in [-0.2, 0) is 21.2 Å². The van der Waals surface area contributed by atoms with Gasteiger partial charge in [-0.2, -0.15) is 4.31 Å². The van der Waals surface area contributed by atoms with Gasteiger partial charge in [0, 0.05) is 26.2 Å². The first-order chi connectivity index (χ1) is 13.4. The molecule has 150 valence electrons. The molecule has 1 heterocycles. The molecule has 1 aliphatic rings. The Kier molecular flexibility index (Phi) is 6.31. The van der Waals surface area contributed by atoms with Crippen LogP contribution in [0.15, 0.2) is 53.4 Å². The standard InChI is InChI=1S/C20H23FN2O4S/c1-2-16-6-8-18(9-7-16)27-15-20(24)22-10-12-23(13-11-22)28(25,26)19-5-3-4-17(21)14-19/h3-9,14H,2,10-13,15H2,1H3. The lowest BCUT2D eigenvalue weighted by atomic mass is 10.2. The first-order valence-corrected chi connectivity index (χ1v) is 10.6. The number of ether oxygens (including phenoxy) is 1. The molecule has 6 nitrogen and oxygen atoms in total. The number of piperazine rings is 1. The van der Waals surface area contributed by atoms with Gasteiger partial charge < -0.3 is 9.64 Å². The number of rotatable bonds is 6. The van der Waals surface area contributed by atoms with Crippen molar-refractivity contribution in [2.45, 2.75) is 18.2 Å². The summed E-state index contributed by atoms with van der Waals surface area (Å²) in [5, 5.41) is 0. The summed E-state index contributed by atoms with van der Waals surface area (Å²) in [6.45, 7) is 2.83. The van der Waals surface area contributed by atoms with E-state index in [1.807, 2.05) is 24.3 Å². The van der Waals surface area contributed by atoms with Crippen LogP contribution in [-0.4, -0.2) is 56.3 Å². The predicted molar refractivity (Wildman–Crippen MR) is 103 cm³/mol. The van der Waals surface area contributed by atoms with Crippen molar-refractivity contribution in [2.24, 2.45) is 0 Å². The van der Waals surface area contributed by atoms with Gasteiger partial charge in [-0.3, -0.25) is 4.79 Å². The normalized spacial score (nSPS) is 15.4. The first-order valence-electron chi connectivity index (χ1n) is 9.15. The second-order valence-electron chi connectivity index (χ2n) is 6.53. The van der Waals surface area contributed by atoms with Crippen molar-refractivity contribution in [3.8, 4) is 5.75 Å². The van der Waals surface area contributed by atoms with Crippen molar-refractivity contribution >= 4 is 15.9 Å². The molecular weight excluding hydrogens is 383 g/mol. The fraction of sp³-hybridized carbons (Fsp3) is 0.350. The number of hydrogen-bond donors (Lipinski definition) is 0. The molecule has 1 saturated heterocycles. The molecular formula is C20H23FN2O4S. The Balaban J connectivity index is 1.53. The summed E-state index contributed by atoms with van der Waals surface area (Å²) in [5.41, 5.74) is 1.19. The molecule has 0 spiro atoms. The van der Waals surface area contributed by atoms with Gasteiger partial charge in [0.25, 0.3) is 5.91 Å². The molecule has 1 amide bonds. The summed E-state index contributed by atoms with van der Waals surface area (Å²) >= 11 is 0. The number of nitrogens with zero attached hydrogens (tertiary/aromatic N) is 2. The Bertz CT molecular complexity index is 923. The summed E-state index contributed by atoms with van der Waals surface area (Å²) < 4.78 is 45.4. The van der Waals surface area contributed by atoms with E-state index in [1.165, 1.54) is 28.1 Å². The molecule has 1 aliphatic heterocycles. The molecule has 0 atom stereocenters. The van der Waals surface area contributed by atoms with E-state index < -0.39 is 15.8 Å².